The molecule has 0 bridgehead atoms. The summed E-state index contributed by atoms with van der Waals surface area (Å²) in [6.45, 7) is -0.0104. The van der Waals surface area contributed by atoms with E-state index in [1.807, 2.05) is 12.1 Å². The van der Waals surface area contributed by atoms with Gasteiger partial charge in [-0.2, -0.15) is 0 Å². The highest BCUT2D eigenvalue weighted by atomic mass is 79.9. The van der Waals surface area contributed by atoms with Crippen LogP contribution in [0.3, 0.4) is 0 Å². The van der Waals surface area contributed by atoms with Crippen LogP contribution in [0.15, 0.2) is 34.8 Å². The van der Waals surface area contributed by atoms with E-state index in [1.165, 1.54) is 0 Å². The fourth-order valence-corrected chi connectivity index (χ4v) is 2.81. The lowest BCUT2D eigenvalue weighted by Gasteiger charge is -2.25. The maximum absolute atomic E-state index is 12.3. The van der Waals surface area contributed by atoms with Gasteiger partial charge in [-0.3, -0.25) is 14.5 Å². The minimum Gasteiger partial charge on any atom is -0.269 e. The van der Waals surface area contributed by atoms with Crippen molar-refractivity contribution >= 4 is 38.5 Å². The smallest absolute Gasteiger partial charge is 0.262 e. The van der Waals surface area contributed by atoms with Crippen molar-refractivity contribution in [1.29, 1.82) is 0 Å². The van der Waals surface area contributed by atoms with Crippen molar-refractivity contribution in [3.8, 4) is 12.3 Å². The molecular formula is C15H8BrNO2. The zero-order valence-electron chi connectivity index (χ0n) is 9.81. The number of terminal acetylenes is 1. The summed E-state index contributed by atoms with van der Waals surface area (Å²) < 4.78 is 0.860. The molecule has 2 amide bonds. The standard InChI is InChI=1S/C15H8BrNO2/c1-2-8-17-14(18)10-5-3-4-9-12(16)7-6-11(13(9)10)15(17)19/h1,3-7H,8H2. The second kappa shape index (κ2) is 4.22. The Kier molecular flexibility index (Phi) is 2.65. The molecule has 3 rings (SSSR count). The van der Waals surface area contributed by atoms with Crippen LogP contribution >= 0.6 is 15.9 Å². The number of hydrogen-bond donors (Lipinski definition) is 0. The van der Waals surface area contributed by atoms with Crippen LogP contribution in [-0.2, 0) is 0 Å². The Labute approximate surface area is 118 Å². The Morgan fingerprint density at radius 2 is 1.79 bits per heavy atom. The molecule has 0 fully saturated rings. The first-order valence-electron chi connectivity index (χ1n) is 5.66. The van der Waals surface area contributed by atoms with E-state index in [0.29, 0.717) is 16.5 Å². The minimum atomic E-state index is -0.334. The van der Waals surface area contributed by atoms with Crippen LogP contribution in [-0.4, -0.2) is 23.3 Å². The minimum absolute atomic E-state index is 0.0104. The number of benzene rings is 2. The molecule has 2 aromatic carbocycles. The SMILES string of the molecule is C#CCN1C(=O)c2cccc3c(Br)ccc(c23)C1=O. The van der Waals surface area contributed by atoms with Crippen LogP contribution in [0, 0.1) is 12.3 Å². The molecule has 0 spiro atoms. The third kappa shape index (κ3) is 1.59. The van der Waals surface area contributed by atoms with Crippen molar-refractivity contribution in [3.05, 3.63) is 45.9 Å². The van der Waals surface area contributed by atoms with E-state index in [2.05, 4.69) is 21.9 Å². The maximum Gasteiger partial charge on any atom is 0.262 e. The second-order valence-corrected chi connectivity index (χ2v) is 5.08. The van der Waals surface area contributed by atoms with Crippen LogP contribution in [0.4, 0.5) is 0 Å². The summed E-state index contributed by atoms with van der Waals surface area (Å²) in [4.78, 5) is 25.7. The highest BCUT2D eigenvalue weighted by Gasteiger charge is 2.32. The van der Waals surface area contributed by atoms with E-state index in [9.17, 15) is 9.59 Å². The molecule has 0 N–H and O–H groups in total. The summed E-state index contributed by atoms with van der Waals surface area (Å²) in [5.74, 6) is 1.68. The van der Waals surface area contributed by atoms with Gasteiger partial charge in [0.05, 0.1) is 6.54 Å². The molecule has 0 atom stereocenters. The van der Waals surface area contributed by atoms with Gasteiger partial charge >= 0.3 is 0 Å². The molecule has 1 heterocycles. The zero-order valence-corrected chi connectivity index (χ0v) is 11.4. The van der Waals surface area contributed by atoms with Crippen molar-refractivity contribution in [2.45, 2.75) is 0 Å². The lowest BCUT2D eigenvalue weighted by Crippen LogP contribution is -2.40. The maximum atomic E-state index is 12.3. The number of carbonyl (C=O) groups excluding carboxylic acids is 2. The first-order valence-corrected chi connectivity index (χ1v) is 6.45. The molecular weight excluding hydrogens is 306 g/mol. The number of imide groups is 1. The highest BCUT2D eigenvalue weighted by Crippen LogP contribution is 2.33. The molecule has 0 unspecified atom stereocenters. The molecule has 1 aliphatic heterocycles. The number of halogens is 1. The number of amides is 2. The molecule has 0 aromatic heterocycles. The Balaban J connectivity index is 2.39. The number of nitrogens with zero attached hydrogens (tertiary/aromatic N) is 1. The first-order chi connectivity index (χ1) is 9.15. The van der Waals surface area contributed by atoms with Crippen LogP contribution < -0.4 is 0 Å². The fraction of sp³-hybridized carbons (Fsp3) is 0.0667. The lowest BCUT2D eigenvalue weighted by atomic mass is 9.94. The molecule has 19 heavy (non-hydrogen) atoms. The average molecular weight is 314 g/mol. The molecule has 92 valence electrons. The summed E-state index contributed by atoms with van der Waals surface area (Å²) in [6, 6.07) is 8.92. The van der Waals surface area contributed by atoms with Crippen molar-refractivity contribution in [2.75, 3.05) is 6.54 Å². The number of hydrogen-bond acceptors (Lipinski definition) is 2. The van der Waals surface area contributed by atoms with E-state index >= 15 is 0 Å². The van der Waals surface area contributed by atoms with Crippen LogP contribution in [0.5, 0.6) is 0 Å². The van der Waals surface area contributed by atoms with E-state index in [4.69, 9.17) is 6.42 Å². The quantitative estimate of drug-likeness (QED) is 0.599. The van der Waals surface area contributed by atoms with E-state index in [1.54, 1.807) is 18.2 Å². The third-order valence-corrected chi connectivity index (χ3v) is 3.88. The molecule has 0 radical (unpaired) electrons. The van der Waals surface area contributed by atoms with Gasteiger partial charge in [-0.1, -0.05) is 34.0 Å². The Bertz CT molecular complexity index is 751. The van der Waals surface area contributed by atoms with Crippen molar-refractivity contribution in [2.24, 2.45) is 0 Å². The molecule has 1 aliphatic rings. The van der Waals surface area contributed by atoms with Crippen LogP contribution in [0.2, 0.25) is 0 Å². The van der Waals surface area contributed by atoms with E-state index < -0.39 is 0 Å². The number of carbonyl (C=O) groups is 2. The van der Waals surface area contributed by atoms with Gasteiger partial charge in [0, 0.05) is 21.0 Å². The molecule has 0 aliphatic carbocycles. The predicted molar refractivity (Wildman–Crippen MR) is 75.8 cm³/mol. The summed E-state index contributed by atoms with van der Waals surface area (Å²) in [5, 5.41) is 1.55. The van der Waals surface area contributed by atoms with E-state index in [0.717, 1.165) is 14.8 Å². The van der Waals surface area contributed by atoms with Crippen LogP contribution in [0.1, 0.15) is 20.7 Å². The predicted octanol–water partition coefficient (Wildman–Crippen LogP) is 2.83. The largest absolute Gasteiger partial charge is 0.269 e. The van der Waals surface area contributed by atoms with Gasteiger partial charge in [0.2, 0.25) is 0 Å². The van der Waals surface area contributed by atoms with Gasteiger partial charge < -0.3 is 0 Å². The Morgan fingerprint density at radius 3 is 2.47 bits per heavy atom. The van der Waals surface area contributed by atoms with Crippen molar-refractivity contribution < 1.29 is 9.59 Å². The van der Waals surface area contributed by atoms with Crippen molar-refractivity contribution in [3.63, 3.8) is 0 Å². The zero-order chi connectivity index (χ0) is 13.6. The normalized spacial score (nSPS) is 13.8. The van der Waals surface area contributed by atoms with Gasteiger partial charge in [-0.05, 0) is 23.6 Å². The average Bonchev–Trinajstić information content (AvgIpc) is 2.42. The summed E-state index contributed by atoms with van der Waals surface area (Å²) in [6.07, 6.45) is 5.22. The topological polar surface area (TPSA) is 37.4 Å². The lowest BCUT2D eigenvalue weighted by molar-refractivity contribution is 0.0632. The Morgan fingerprint density at radius 1 is 1.11 bits per heavy atom. The molecule has 4 heteroatoms. The van der Waals surface area contributed by atoms with Crippen LogP contribution in [0.25, 0.3) is 10.8 Å². The van der Waals surface area contributed by atoms with Gasteiger partial charge in [-0.15, -0.1) is 6.42 Å². The van der Waals surface area contributed by atoms with Gasteiger partial charge in [0.25, 0.3) is 11.8 Å². The summed E-state index contributed by atoms with van der Waals surface area (Å²) in [7, 11) is 0. The van der Waals surface area contributed by atoms with Gasteiger partial charge in [-0.25, -0.2) is 0 Å². The first kappa shape index (κ1) is 11.9. The second-order valence-electron chi connectivity index (χ2n) is 4.22. The molecule has 3 nitrogen and oxygen atoms in total. The van der Waals surface area contributed by atoms with E-state index in [-0.39, 0.29) is 18.4 Å². The monoisotopic (exact) mass is 313 g/mol. The highest BCUT2D eigenvalue weighted by molar-refractivity contribution is 9.10. The number of rotatable bonds is 1. The molecule has 2 aromatic rings. The van der Waals surface area contributed by atoms with Crippen molar-refractivity contribution in [1.82, 2.24) is 4.90 Å². The van der Waals surface area contributed by atoms with Gasteiger partial charge in [0.1, 0.15) is 0 Å². The summed E-state index contributed by atoms with van der Waals surface area (Å²) >= 11 is 3.44. The Hall–Kier alpha value is -2.12. The fourth-order valence-electron chi connectivity index (χ4n) is 2.35. The third-order valence-electron chi connectivity index (χ3n) is 3.19. The molecule has 0 saturated carbocycles. The molecule has 0 saturated heterocycles. The summed E-state index contributed by atoms with van der Waals surface area (Å²) in [5.41, 5.74) is 1.03. The van der Waals surface area contributed by atoms with Gasteiger partial charge in [0.15, 0.2) is 0 Å².